The molecule has 220 valence electrons. The lowest BCUT2D eigenvalue weighted by Crippen LogP contribution is -2.54. The number of anilines is 2. The highest BCUT2D eigenvalue weighted by Gasteiger charge is 2.32. The molecule has 4 aromatic rings. The molecule has 2 heterocycles. The zero-order valence-corrected chi connectivity index (χ0v) is 25.5. The number of nitrogens with zero attached hydrogens (tertiary/aromatic N) is 4. The Morgan fingerprint density at radius 3 is 2.53 bits per heavy atom. The van der Waals surface area contributed by atoms with Crippen molar-refractivity contribution in [3.05, 3.63) is 98.5 Å². The summed E-state index contributed by atoms with van der Waals surface area (Å²) in [5.41, 5.74) is 8.35. The van der Waals surface area contributed by atoms with Crippen molar-refractivity contribution in [3.8, 4) is 22.9 Å². The zero-order valence-electron chi connectivity index (χ0n) is 24.0. The van der Waals surface area contributed by atoms with E-state index in [1.54, 1.807) is 17.0 Å². The molecule has 3 aromatic carbocycles. The summed E-state index contributed by atoms with van der Waals surface area (Å²) in [6.07, 6.45) is 1.27. The number of halogens is 3. The molecule has 2 N–H and O–H groups in total. The number of nitrogens with two attached hydrogens (primary N) is 1. The average Bonchev–Trinajstić information content (AvgIpc) is 2.99. The summed E-state index contributed by atoms with van der Waals surface area (Å²) in [5, 5.41) is 11.0. The van der Waals surface area contributed by atoms with E-state index >= 15 is 4.39 Å². The maximum atomic E-state index is 15.4. The van der Waals surface area contributed by atoms with Crippen molar-refractivity contribution in [1.82, 2.24) is 9.47 Å². The summed E-state index contributed by atoms with van der Waals surface area (Å²) in [7, 11) is 0. The molecule has 1 saturated heterocycles. The summed E-state index contributed by atoms with van der Waals surface area (Å²) in [5.74, 6) is -0.872. The number of fused-ring (bicyclic) bond motifs is 1. The van der Waals surface area contributed by atoms with Gasteiger partial charge >= 0.3 is 0 Å². The minimum absolute atomic E-state index is 0.0198. The molecule has 5 rings (SSSR count). The topological polar surface area (TPSA) is 95.4 Å². The molecule has 1 fully saturated rings. The molecule has 1 amide bonds. The second kappa shape index (κ2) is 11.8. The lowest BCUT2D eigenvalue weighted by atomic mass is 9.96. The Morgan fingerprint density at radius 1 is 1.16 bits per heavy atom. The van der Waals surface area contributed by atoms with Gasteiger partial charge in [-0.1, -0.05) is 61.8 Å². The fraction of sp³-hybridized carbons (Fsp3) is 0.242. The van der Waals surface area contributed by atoms with Gasteiger partial charge in [0.25, 0.3) is 5.56 Å². The van der Waals surface area contributed by atoms with Crippen LogP contribution in [-0.4, -0.2) is 41.1 Å². The van der Waals surface area contributed by atoms with E-state index in [4.69, 9.17) is 28.9 Å². The fourth-order valence-electron chi connectivity index (χ4n) is 5.86. The number of pyridine rings is 1. The van der Waals surface area contributed by atoms with Crippen LogP contribution in [0.5, 0.6) is 0 Å². The van der Waals surface area contributed by atoms with Gasteiger partial charge in [0.05, 0.1) is 21.9 Å². The Hall–Kier alpha value is -4.32. The van der Waals surface area contributed by atoms with Gasteiger partial charge in [-0.3, -0.25) is 14.2 Å². The highest BCUT2D eigenvalue weighted by atomic mass is 35.5. The molecule has 1 aromatic heterocycles. The van der Waals surface area contributed by atoms with Gasteiger partial charge in [-0.2, -0.15) is 5.26 Å². The highest BCUT2D eigenvalue weighted by Crippen LogP contribution is 2.42. The van der Waals surface area contributed by atoms with Crippen LogP contribution >= 0.6 is 23.2 Å². The monoisotopic (exact) mass is 617 g/mol. The molecule has 0 aliphatic carbocycles. The number of para-hydroxylation sites is 1. The minimum atomic E-state index is -0.732. The van der Waals surface area contributed by atoms with Crippen LogP contribution in [-0.2, 0) is 4.79 Å². The van der Waals surface area contributed by atoms with Crippen molar-refractivity contribution in [3.63, 3.8) is 0 Å². The van der Waals surface area contributed by atoms with Gasteiger partial charge in [0.1, 0.15) is 11.6 Å². The SMILES string of the molecule is C=CC(=O)N1CCN(c2c(C#N)c(=O)n(-c3ccccc3C(C)C)c3cc(-c4c(N)ccc(Cl)c4F)c(Cl)cc23)[C@@H](C)C1. The lowest BCUT2D eigenvalue weighted by Gasteiger charge is -2.41. The van der Waals surface area contributed by atoms with Gasteiger partial charge in [0.15, 0.2) is 5.82 Å². The van der Waals surface area contributed by atoms with Crippen LogP contribution in [0.3, 0.4) is 0 Å². The van der Waals surface area contributed by atoms with Gasteiger partial charge < -0.3 is 15.5 Å². The standard InChI is InChI=1S/C33H30Cl2FN5O2/c1-5-29(42)39-12-13-40(19(4)17-39)32-22-14-25(35)21(30-26(38)11-10-24(34)31(30)36)15-28(22)41(33(43)23(32)16-37)27-9-7-6-8-20(27)18(2)3/h5-11,14-15,18-19H,1,12-13,17,38H2,2-4H3/t19-/m0/s1. The van der Waals surface area contributed by atoms with E-state index in [-0.39, 0.29) is 50.3 Å². The second-order valence-electron chi connectivity index (χ2n) is 10.9. The Labute approximate surface area is 259 Å². The molecule has 1 atom stereocenters. The highest BCUT2D eigenvalue weighted by molar-refractivity contribution is 6.35. The van der Waals surface area contributed by atoms with Gasteiger partial charge in [0, 0.05) is 52.9 Å². The number of carbonyl (C=O) groups excluding carboxylic acids is 1. The molecular weight excluding hydrogens is 588 g/mol. The van der Waals surface area contributed by atoms with Gasteiger partial charge in [0.2, 0.25) is 5.91 Å². The number of carbonyl (C=O) groups is 1. The van der Waals surface area contributed by atoms with Crippen LogP contribution in [0.15, 0.2) is 66.0 Å². The van der Waals surface area contributed by atoms with E-state index in [1.165, 1.54) is 22.8 Å². The molecule has 0 spiro atoms. The van der Waals surface area contributed by atoms with Crippen LogP contribution in [0.2, 0.25) is 10.0 Å². The Balaban J connectivity index is 1.90. The molecule has 0 unspecified atom stereocenters. The number of amides is 1. The lowest BCUT2D eigenvalue weighted by molar-refractivity contribution is -0.126. The van der Waals surface area contributed by atoms with Crippen molar-refractivity contribution in [1.29, 1.82) is 5.26 Å². The summed E-state index contributed by atoms with van der Waals surface area (Å²) in [6.45, 7) is 10.6. The van der Waals surface area contributed by atoms with E-state index in [0.717, 1.165) is 5.56 Å². The molecule has 0 bridgehead atoms. The summed E-state index contributed by atoms with van der Waals surface area (Å²) in [4.78, 5) is 30.4. The number of piperazine rings is 1. The van der Waals surface area contributed by atoms with Gasteiger partial charge in [-0.15, -0.1) is 0 Å². The third-order valence-corrected chi connectivity index (χ3v) is 8.55. The van der Waals surface area contributed by atoms with Crippen LogP contribution < -0.4 is 16.2 Å². The normalized spacial score (nSPS) is 15.2. The number of hydrogen-bond acceptors (Lipinski definition) is 5. The maximum Gasteiger partial charge on any atom is 0.275 e. The molecule has 0 saturated carbocycles. The number of hydrogen-bond donors (Lipinski definition) is 1. The van der Waals surface area contributed by atoms with Crippen molar-refractivity contribution in [2.75, 3.05) is 30.3 Å². The summed E-state index contributed by atoms with van der Waals surface area (Å²) >= 11 is 13.0. The van der Waals surface area contributed by atoms with E-state index in [2.05, 4.69) is 12.6 Å². The first-order chi connectivity index (χ1) is 20.5. The number of aromatic nitrogens is 1. The van der Waals surface area contributed by atoms with Crippen molar-refractivity contribution in [2.45, 2.75) is 32.7 Å². The molecule has 10 heteroatoms. The molecule has 7 nitrogen and oxygen atoms in total. The molecule has 0 radical (unpaired) electrons. The summed E-state index contributed by atoms with van der Waals surface area (Å²) < 4.78 is 16.9. The largest absolute Gasteiger partial charge is 0.398 e. The zero-order chi connectivity index (χ0) is 31.2. The third-order valence-electron chi connectivity index (χ3n) is 7.94. The van der Waals surface area contributed by atoms with E-state index in [1.807, 2.05) is 49.9 Å². The Morgan fingerprint density at radius 2 is 1.88 bits per heavy atom. The average molecular weight is 619 g/mol. The number of benzene rings is 3. The van der Waals surface area contributed by atoms with Crippen molar-refractivity contribution < 1.29 is 9.18 Å². The smallest absolute Gasteiger partial charge is 0.275 e. The number of rotatable bonds is 5. The predicted octanol–water partition coefficient (Wildman–Crippen LogP) is 6.90. The van der Waals surface area contributed by atoms with E-state index in [0.29, 0.717) is 41.9 Å². The summed E-state index contributed by atoms with van der Waals surface area (Å²) in [6, 6.07) is 15.5. The Bertz CT molecular complexity index is 1900. The van der Waals surface area contributed by atoms with Crippen molar-refractivity contribution in [2.24, 2.45) is 0 Å². The second-order valence-corrected chi connectivity index (χ2v) is 11.7. The Kier molecular flexibility index (Phi) is 8.24. The predicted molar refractivity (Wildman–Crippen MR) is 172 cm³/mol. The van der Waals surface area contributed by atoms with Crippen LogP contribution in [0.1, 0.15) is 37.8 Å². The molecule has 43 heavy (non-hydrogen) atoms. The molecule has 1 aliphatic rings. The molecular formula is C33H30Cl2FN5O2. The van der Waals surface area contributed by atoms with Crippen LogP contribution in [0.4, 0.5) is 15.8 Å². The molecule has 1 aliphatic heterocycles. The first-order valence-electron chi connectivity index (χ1n) is 13.8. The van der Waals surface area contributed by atoms with Gasteiger partial charge in [-0.05, 0) is 54.8 Å². The fourth-order valence-corrected chi connectivity index (χ4v) is 6.28. The van der Waals surface area contributed by atoms with E-state index < -0.39 is 11.4 Å². The van der Waals surface area contributed by atoms with Gasteiger partial charge in [-0.25, -0.2) is 4.39 Å². The van der Waals surface area contributed by atoms with Crippen LogP contribution in [0.25, 0.3) is 27.7 Å². The van der Waals surface area contributed by atoms with Crippen molar-refractivity contribution >= 4 is 51.4 Å². The first-order valence-corrected chi connectivity index (χ1v) is 14.6. The van der Waals surface area contributed by atoms with E-state index in [9.17, 15) is 14.9 Å². The number of nitrogen functional groups attached to an aromatic ring is 1. The van der Waals surface area contributed by atoms with Crippen LogP contribution in [0, 0.1) is 17.1 Å². The first kappa shape index (κ1) is 30.1. The number of nitriles is 1. The third kappa shape index (κ3) is 5.13. The maximum absolute atomic E-state index is 15.4. The minimum Gasteiger partial charge on any atom is -0.398 e. The quantitative estimate of drug-likeness (QED) is 0.194.